The Hall–Kier alpha value is -1.38. The minimum Gasteiger partial charge on any atom is -0.312 e. The number of nitriles is 1. The van der Waals surface area contributed by atoms with Crippen molar-refractivity contribution in [2.75, 3.05) is 6.26 Å². The van der Waals surface area contributed by atoms with E-state index in [-0.39, 0.29) is 0 Å². The van der Waals surface area contributed by atoms with E-state index in [1.54, 1.807) is 0 Å². The third kappa shape index (κ3) is 1.84. The maximum Gasteiger partial charge on any atom is 0.153 e. The Morgan fingerprint density at radius 2 is 1.88 bits per heavy atom. The third-order valence-electron chi connectivity index (χ3n) is 3.27. The summed E-state index contributed by atoms with van der Waals surface area (Å²) >= 11 is 0. The number of nitrogens with two attached hydrogens (primary N) is 1. The van der Waals surface area contributed by atoms with E-state index in [0.29, 0.717) is 0 Å². The molecule has 3 atom stereocenters. The van der Waals surface area contributed by atoms with E-state index in [4.69, 9.17) is 11.0 Å². The van der Waals surface area contributed by atoms with Crippen LogP contribution in [0.3, 0.4) is 0 Å². The van der Waals surface area contributed by atoms with Crippen molar-refractivity contribution in [3.8, 4) is 6.07 Å². The molecule has 1 fully saturated rings. The van der Waals surface area contributed by atoms with Crippen LogP contribution < -0.4 is 5.73 Å². The number of benzene rings is 1. The third-order valence-corrected chi connectivity index (χ3v) is 4.86. The van der Waals surface area contributed by atoms with Crippen LogP contribution in [0.15, 0.2) is 24.3 Å². The zero-order valence-electron chi connectivity index (χ0n) is 9.71. The first kappa shape index (κ1) is 12.1. The highest BCUT2D eigenvalue weighted by molar-refractivity contribution is 7.91. The summed E-state index contributed by atoms with van der Waals surface area (Å²) in [6.45, 7) is 1.95. The van der Waals surface area contributed by atoms with E-state index in [9.17, 15) is 8.42 Å². The van der Waals surface area contributed by atoms with E-state index >= 15 is 0 Å². The van der Waals surface area contributed by atoms with Gasteiger partial charge in [-0.2, -0.15) is 5.26 Å². The lowest BCUT2D eigenvalue weighted by Gasteiger charge is -2.01. The molecular formula is C12H14N2O2S. The van der Waals surface area contributed by atoms with Crippen molar-refractivity contribution in [1.29, 1.82) is 5.26 Å². The van der Waals surface area contributed by atoms with Crippen molar-refractivity contribution < 1.29 is 8.42 Å². The topological polar surface area (TPSA) is 83.9 Å². The van der Waals surface area contributed by atoms with Gasteiger partial charge in [-0.1, -0.05) is 29.8 Å². The average molecular weight is 250 g/mol. The molecule has 2 rings (SSSR count). The first-order valence-electron chi connectivity index (χ1n) is 5.26. The molecule has 0 aliphatic heterocycles. The van der Waals surface area contributed by atoms with Crippen LogP contribution in [0.2, 0.25) is 0 Å². The molecule has 1 saturated carbocycles. The average Bonchev–Trinajstić information content (AvgIpc) is 2.87. The normalized spacial score (nSPS) is 31.9. The van der Waals surface area contributed by atoms with Crippen molar-refractivity contribution in [2.24, 2.45) is 5.73 Å². The second-order valence-corrected chi connectivity index (χ2v) is 6.85. The number of sulfone groups is 1. The van der Waals surface area contributed by atoms with Crippen LogP contribution in [0, 0.1) is 18.3 Å². The summed E-state index contributed by atoms with van der Waals surface area (Å²) in [6.07, 6.45) is 1.13. The summed E-state index contributed by atoms with van der Waals surface area (Å²) in [5, 5.41) is 8.26. The molecule has 90 valence electrons. The smallest absolute Gasteiger partial charge is 0.153 e. The lowest BCUT2D eigenvalue weighted by molar-refractivity contribution is 0.597. The summed E-state index contributed by atoms with van der Waals surface area (Å²) in [7, 11) is -3.30. The van der Waals surface area contributed by atoms with Crippen LogP contribution in [-0.2, 0) is 9.84 Å². The van der Waals surface area contributed by atoms with Gasteiger partial charge in [0.05, 0.1) is 6.07 Å². The number of hydrogen-bond donors (Lipinski definition) is 1. The number of nitrogens with zero attached hydrogens (tertiary/aromatic N) is 1. The van der Waals surface area contributed by atoms with Crippen molar-refractivity contribution in [1.82, 2.24) is 0 Å². The maximum atomic E-state index is 11.6. The van der Waals surface area contributed by atoms with Gasteiger partial charge in [0.25, 0.3) is 0 Å². The van der Waals surface area contributed by atoms with Crippen LogP contribution in [0.1, 0.15) is 17.0 Å². The second-order valence-electron chi connectivity index (χ2n) is 4.68. The Bertz CT molecular complexity index is 586. The van der Waals surface area contributed by atoms with E-state index in [1.807, 2.05) is 37.3 Å². The molecule has 5 heteroatoms. The molecule has 0 amide bonds. The van der Waals surface area contributed by atoms with Gasteiger partial charge in [-0.15, -0.1) is 0 Å². The van der Waals surface area contributed by atoms with Gasteiger partial charge < -0.3 is 5.73 Å². The monoisotopic (exact) mass is 250 g/mol. The molecule has 1 aromatic carbocycles. The van der Waals surface area contributed by atoms with Gasteiger partial charge in [0.1, 0.15) is 10.8 Å². The van der Waals surface area contributed by atoms with E-state index < -0.39 is 26.5 Å². The Balaban J connectivity index is 2.42. The lowest BCUT2D eigenvalue weighted by Crippen LogP contribution is -2.28. The van der Waals surface area contributed by atoms with Gasteiger partial charge in [0.15, 0.2) is 9.84 Å². The molecule has 1 aliphatic rings. The molecule has 0 heterocycles. The molecular weight excluding hydrogens is 236 g/mol. The Kier molecular flexibility index (Phi) is 2.53. The predicted octanol–water partition coefficient (Wildman–Crippen LogP) is 0.726. The highest BCUT2D eigenvalue weighted by Gasteiger charge is 2.69. The number of hydrogen-bond acceptors (Lipinski definition) is 4. The SMILES string of the molecule is Cc1ccc([C@H]2[C@@H](S(C)(=O)=O)[C@@]2(N)C#N)cc1. The van der Waals surface area contributed by atoms with Crippen LogP contribution in [0.4, 0.5) is 0 Å². The molecule has 17 heavy (non-hydrogen) atoms. The molecule has 0 unspecified atom stereocenters. The second kappa shape index (κ2) is 3.56. The first-order chi connectivity index (χ1) is 7.80. The molecule has 0 radical (unpaired) electrons. The number of aryl methyl sites for hydroxylation is 1. The molecule has 0 bridgehead atoms. The van der Waals surface area contributed by atoms with Gasteiger partial charge in [0.2, 0.25) is 0 Å². The van der Waals surface area contributed by atoms with Gasteiger partial charge in [-0.05, 0) is 12.5 Å². The Labute approximate surface area is 101 Å². The van der Waals surface area contributed by atoms with Crippen LogP contribution in [0.25, 0.3) is 0 Å². The molecule has 1 aliphatic carbocycles. The van der Waals surface area contributed by atoms with Crippen molar-refractivity contribution >= 4 is 9.84 Å². The van der Waals surface area contributed by atoms with Gasteiger partial charge in [0, 0.05) is 12.2 Å². The summed E-state index contributed by atoms with van der Waals surface area (Å²) in [4.78, 5) is 0. The highest BCUT2D eigenvalue weighted by atomic mass is 32.2. The fourth-order valence-electron chi connectivity index (χ4n) is 2.33. The zero-order chi connectivity index (χ0) is 12.8. The summed E-state index contributed by atoms with van der Waals surface area (Å²) in [5.41, 5.74) is 6.48. The van der Waals surface area contributed by atoms with Crippen molar-refractivity contribution in [2.45, 2.75) is 23.6 Å². The van der Waals surface area contributed by atoms with Gasteiger partial charge in [-0.3, -0.25) is 0 Å². The van der Waals surface area contributed by atoms with Gasteiger partial charge >= 0.3 is 0 Å². The van der Waals surface area contributed by atoms with E-state index in [0.717, 1.165) is 17.4 Å². The predicted molar refractivity (Wildman–Crippen MR) is 65.1 cm³/mol. The fraction of sp³-hybridized carbons (Fsp3) is 0.417. The molecule has 4 nitrogen and oxygen atoms in total. The van der Waals surface area contributed by atoms with Crippen molar-refractivity contribution in [3.63, 3.8) is 0 Å². The molecule has 0 saturated heterocycles. The van der Waals surface area contributed by atoms with E-state index in [2.05, 4.69) is 0 Å². The lowest BCUT2D eigenvalue weighted by atomic mass is 10.1. The summed E-state index contributed by atoms with van der Waals surface area (Å²) in [5.74, 6) is -0.414. The maximum absolute atomic E-state index is 11.6. The molecule has 0 spiro atoms. The molecule has 0 aromatic heterocycles. The quantitative estimate of drug-likeness (QED) is 0.838. The Morgan fingerprint density at radius 1 is 1.35 bits per heavy atom. The van der Waals surface area contributed by atoms with Crippen LogP contribution in [-0.4, -0.2) is 25.5 Å². The highest BCUT2D eigenvalue weighted by Crippen LogP contribution is 2.53. The molecule has 1 aromatic rings. The first-order valence-corrected chi connectivity index (χ1v) is 7.21. The van der Waals surface area contributed by atoms with Crippen molar-refractivity contribution in [3.05, 3.63) is 35.4 Å². The van der Waals surface area contributed by atoms with E-state index in [1.165, 1.54) is 0 Å². The molecule has 2 N–H and O–H groups in total. The van der Waals surface area contributed by atoms with Crippen LogP contribution >= 0.6 is 0 Å². The van der Waals surface area contributed by atoms with Crippen LogP contribution in [0.5, 0.6) is 0 Å². The standard InChI is InChI=1S/C12H14N2O2S/c1-8-3-5-9(6-4-8)10-11(17(2,15)16)12(10,14)7-13/h3-6,10-11H,14H2,1-2H3/t10-,11+,12+/m0/s1. The fourth-order valence-corrected chi connectivity index (χ4v) is 4.04. The zero-order valence-corrected chi connectivity index (χ0v) is 10.5. The number of rotatable bonds is 2. The summed E-state index contributed by atoms with van der Waals surface area (Å²) < 4.78 is 23.2. The van der Waals surface area contributed by atoms with Gasteiger partial charge in [-0.25, -0.2) is 8.42 Å². The summed E-state index contributed by atoms with van der Waals surface area (Å²) in [6, 6.07) is 9.40. The Morgan fingerprint density at radius 3 is 2.24 bits per heavy atom. The largest absolute Gasteiger partial charge is 0.312 e. The minimum atomic E-state index is -3.30. The minimum absolute atomic E-state index is 0.414.